The van der Waals surface area contributed by atoms with Gasteiger partial charge in [-0.15, -0.1) is 0 Å². The third-order valence-electron chi connectivity index (χ3n) is 5.33. The van der Waals surface area contributed by atoms with Crippen molar-refractivity contribution in [1.82, 2.24) is 10.0 Å². The molecule has 0 N–H and O–H groups in total. The average Bonchev–Trinajstić information content (AvgIpc) is 3.25. The minimum Gasteiger partial charge on any atom is -0.241 e. The van der Waals surface area contributed by atoms with Crippen molar-refractivity contribution in [3.05, 3.63) is 70.7 Å². The van der Waals surface area contributed by atoms with Crippen molar-refractivity contribution in [3.63, 3.8) is 0 Å². The number of hydrazine groups is 1. The van der Waals surface area contributed by atoms with Gasteiger partial charge in [0.1, 0.15) is 0 Å². The van der Waals surface area contributed by atoms with Crippen molar-refractivity contribution in [2.75, 3.05) is 19.6 Å². The molecule has 2 heterocycles. The highest BCUT2D eigenvalue weighted by atomic mass is 35.5. The van der Waals surface area contributed by atoms with Crippen LogP contribution in [-0.2, 0) is 5.54 Å². The molecule has 0 unspecified atom stereocenters. The summed E-state index contributed by atoms with van der Waals surface area (Å²) in [5.74, 6) is 0. The Hall–Kier alpha value is -1.35. The van der Waals surface area contributed by atoms with Crippen molar-refractivity contribution < 1.29 is 0 Å². The first-order valence-electron chi connectivity index (χ1n) is 8.65. The van der Waals surface area contributed by atoms with Gasteiger partial charge < -0.3 is 0 Å². The van der Waals surface area contributed by atoms with Crippen LogP contribution in [0, 0.1) is 0 Å². The van der Waals surface area contributed by atoms with E-state index >= 15 is 0 Å². The van der Waals surface area contributed by atoms with Crippen LogP contribution < -0.4 is 0 Å². The molecule has 0 bridgehead atoms. The summed E-state index contributed by atoms with van der Waals surface area (Å²) in [4.78, 5) is 0. The average molecular weight is 327 g/mol. The van der Waals surface area contributed by atoms with Gasteiger partial charge in [0.25, 0.3) is 0 Å². The van der Waals surface area contributed by atoms with E-state index in [-0.39, 0.29) is 5.54 Å². The summed E-state index contributed by atoms with van der Waals surface area (Å²) in [6.07, 6.45) is 4.97. The topological polar surface area (TPSA) is 6.48 Å². The second kappa shape index (κ2) is 6.27. The predicted molar refractivity (Wildman–Crippen MR) is 95.4 cm³/mol. The summed E-state index contributed by atoms with van der Waals surface area (Å²) < 4.78 is 0. The Morgan fingerprint density at radius 2 is 1.52 bits per heavy atom. The molecular formula is C20H23ClN2. The number of benzene rings is 2. The molecule has 0 saturated carbocycles. The van der Waals surface area contributed by atoms with E-state index in [0.717, 1.165) is 18.0 Å². The van der Waals surface area contributed by atoms with Crippen LogP contribution in [0.25, 0.3) is 0 Å². The molecule has 1 atom stereocenters. The summed E-state index contributed by atoms with van der Waals surface area (Å²) in [6, 6.07) is 19.4. The van der Waals surface area contributed by atoms with Gasteiger partial charge in [0, 0.05) is 24.7 Å². The highest BCUT2D eigenvalue weighted by Gasteiger charge is 2.46. The minimum atomic E-state index is -0.0729. The van der Waals surface area contributed by atoms with E-state index in [9.17, 15) is 0 Å². The van der Waals surface area contributed by atoms with Gasteiger partial charge in [-0.25, -0.2) is 10.0 Å². The smallest absolute Gasteiger partial charge is 0.0855 e. The van der Waals surface area contributed by atoms with Gasteiger partial charge in [-0.3, -0.25) is 0 Å². The maximum Gasteiger partial charge on any atom is 0.0855 e. The van der Waals surface area contributed by atoms with Gasteiger partial charge in [-0.2, -0.15) is 0 Å². The van der Waals surface area contributed by atoms with E-state index in [2.05, 4.69) is 58.5 Å². The van der Waals surface area contributed by atoms with Crippen LogP contribution in [0.1, 0.15) is 36.8 Å². The van der Waals surface area contributed by atoms with Crippen molar-refractivity contribution in [2.45, 2.75) is 31.2 Å². The molecule has 2 aliphatic heterocycles. The number of hydrogen-bond donors (Lipinski definition) is 0. The molecule has 2 nitrogen and oxygen atoms in total. The highest BCUT2D eigenvalue weighted by molar-refractivity contribution is 6.30. The zero-order valence-electron chi connectivity index (χ0n) is 13.4. The molecule has 120 valence electrons. The standard InChI is InChI=1S/C20H23ClN2/c21-19-11-6-10-18(16-19)20(17-8-2-1-3-9-17)12-7-15-23(20)22-13-4-5-14-22/h1-3,6,8-11,16H,4-5,7,12-15H2/t20-/m0/s1. The first-order chi connectivity index (χ1) is 11.3. The largest absolute Gasteiger partial charge is 0.241 e. The summed E-state index contributed by atoms with van der Waals surface area (Å²) in [5.41, 5.74) is 2.63. The summed E-state index contributed by atoms with van der Waals surface area (Å²) in [7, 11) is 0. The van der Waals surface area contributed by atoms with E-state index in [1.165, 1.54) is 43.5 Å². The van der Waals surface area contributed by atoms with Crippen molar-refractivity contribution in [3.8, 4) is 0 Å². The van der Waals surface area contributed by atoms with Crippen LogP contribution >= 0.6 is 11.6 Å². The zero-order valence-corrected chi connectivity index (χ0v) is 14.2. The Morgan fingerprint density at radius 3 is 2.26 bits per heavy atom. The Kier molecular flexibility index (Phi) is 4.14. The fourth-order valence-corrected chi connectivity index (χ4v) is 4.53. The minimum absolute atomic E-state index is 0.0729. The van der Waals surface area contributed by atoms with Crippen LogP contribution in [0.3, 0.4) is 0 Å². The number of rotatable bonds is 3. The molecule has 2 aliphatic rings. The molecule has 2 aromatic carbocycles. The lowest BCUT2D eigenvalue weighted by Crippen LogP contribution is -2.51. The van der Waals surface area contributed by atoms with E-state index in [1.807, 2.05) is 6.07 Å². The van der Waals surface area contributed by atoms with Gasteiger partial charge in [0.2, 0.25) is 0 Å². The molecule has 0 amide bonds. The molecule has 0 radical (unpaired) electrons. The second-order valence-electron chi connectivity index (χ2n) is 6.62. The third kappa shape index (κ3) is 2.59. The maximum atomic E-state index is 6.35. The summed E-state index contributed by atoms with van der Waals surface area (Å²) >= 11 is 6.35. The predicted octanol–water partition coefficient (Wildman–Crippen LogP) is 4.69. The Morgan fingerprint density at radius 1 is 0.783 bits per heavy atom. The van der Waals surface area contributed by atoms with E-state index in [0.29, 0.717) is 0 Å². The highest BCUT2D eigenvalue weighted by Crippen LogP contribution is 2.46. The van der Waals surface area contributed by atoms with Gasteiger partial charge in [-0.1, -0.05) is 54.1 Å². The van der Waals surface area contributed by atoms with Crippen LogP contribution in [0.4, 0.5) is 0 Å². The maximum absolute atomic E-state index is 6.35. The van der Waals surface area contributed by atoms with Gasteiger partial charge in [0.15, 0.2) is 0 Å². The monoisotopic (exact) mass is 326 g/mol. The number of hydrogen-bond acceptors (Lipinski definition) is 2. The van der Waals surface area contributed by atoms with Crippen molar-refractivity contribution >= 4 is 11.6 Å². The van der Waals surface area contributed by atoms with Crippen LogP contribution in [-0.4, -0.2) is 29.7 Å². The molecule has 0 spiro atoms. The first-order valence-corrected chi connectivity index (χ1v) is 9.02. The summed E-state index contributed by atoms with van der Waals surface area (Å²) in [5, 5.41) is 6.02. The lowest BCUT2D eigenvalue weighted by Gasteiger charge is -2.44. The molecule has 23 heavy (non-hydrogen) atoms. The molecular weight excluding hydrogens is 304 g/mol. The first kappa shape index (κ1) is 15.2. The lowest BCUT2D eigenvalue weighted by atomic mass is 9.81. The second-order valence-corrected chi connectivity index (χ2v) is 7.06. The van der Waals surface area contributed by atoms with Crippen molar-refractivity contribution in [2.24, 2.45) is 0 Å². The van der Waals surface area contributed by atoms with Crippen LogP contribution in [0.2, 0.25) is 5.02 Å². The fraction of sp³-hybridized carbons (Fsp3) is 0.400. The molecule has 2 fully saturated rings. The lowest BCUT2D eigenvalue weighted by molar-refractivity contribution is -0.0537. The van der Waals surface area contributed by atoms with Gasteiger partial charge in [-0.05, 0) is 48.9 Å². The van der Waals surface area contributed by atoms with Crippen molar-refractivity contribution in [1.29, 1.82) is 0 Å². The Bertz CT molecular complexity index is 666. The normalized spacial score (nSPS) is 26.0. The Labute approximate surface area is 143 Å². The van der Waals surface area contributed by atoms with E-state index in [4.69, 9.17) is 11.6 Å². The van der Waals surface area contributed by atoms with Crippen LogP contribution in [0.15, 0.2) is 54.6 Å². The molecule has 4 rings (SSSR count). The van der Waals surface area contributed by atoms with Gasteiger partial charge in [0.05, 0.1) is 5.54 Å². The summed E-state index contributed by atoms with van der Waals surface area (Å²) in [6.45, 7) is 3.48. The van der Waals surface area contributed by atoms with E-state index in [1.54, 1.807) is 0 Å². The molecule has 2 saturated heterocycles. The van der Waals surface area contributed by atoms with E-state index < -0.39 is 0 Å². The number of halogens is 1. The zero-order chi connectivity index (χ0) is 15.7. The molecule has 2 aromatic rings. The SMILES string of the molecule is Clc1cccc([C@@]2(c3ccccc3)CCCN2N2CCCC2)c1. The van der Waals surface area contributed by atoms with Gasteiger partial charge >= 0.3 is 0 Å². The van der Waals surface area contributed by atoms with Crippen LogP contribution in [0.5, 0.6) is 0 Å². The fourth-order valence-electron chi connectivity index (χ4n) is 4.34. The molecule has 0 aromatic heterocycles. The number of nitrogens with zero attached hydrogens (tertiary/aromatic N) is 2. The Balaban J connectivity index is 1.86. The molecule has 0 aliphatic carbocycles. The third-order valence-corrected chi connectivity index (χ3v) is 5.56. The molecule has 3 heteroatoms. The quantitative estimate of drug-likeness (QED) is 0.807.